The van der Waals surface area contributed by atoms with E-state index in [1.807, 2.05) is 0 Å². The van der Waals surface area contributed by atoms with Gasteiger partial charge in [-0.2, -0.15) is 13.5 Å². The average Bonchev–Trinajstić information content (AvgIpc) is 2.38. The van der Waals surface area contributed by atoms with Crippen LogP contribution in [0.4, 0.5) is 0 Å². The highest BCUT2D eigenvalue weighted by Crippen LogP contribution is 2.26. The Kier molecular flexibility index (Phi) is 4.86. The Morgan fingerprint density at radius 3 is 2.25 bits per heavy atom. The Bertz CT molecular complexity index is 584. The Labute approximate surface area is 128 Å². The van der Waals surface area contributed by atoms with Crippen molar-refractivity contribution in [1.82, 2.24) is 4.83 Å². The van der Waals surface area contributed by atoms with Crippen LogP contribution in [-0.2, 0) is 10.0 Å². The standard InChI is InChI=1S/C14H19BrN2O2S/c1-10-4-3-5-11(2)14(10)16-17-20(18,19)13-8-6-12(15)7-9-13/h6-11,17H,3-5H2,1-2H3/t10-,11-/m0/s1. The lowest BCUT2D eigenvalue weighted by Gasteiger charge is -2.26. The van der Waals surface area contributed by atoms with Crippen LogP contribution < -0.4 is 4.83 Å². The first-order chi connectivity index (χ1) is 9.40. The highest BCUT2D eigenvalue weighted by atomic mass is 79.9. The lowest BCUT2D eigenvalue weighted by molar-refractivity contribution is 0.483. The summed E-state index contributed by atoms with van der Waals surface area (Å²) in [7, 11) is -3.58. The molecule has 1 aromatic carbocycles. The Hall–Kier alpha value is -0.880. The van der Waals surface area contributed by atoms with E-state index in [0.717, 1.165) is 23.0 Å². The summed E-state index contributed by atoms with van der Waals surface area (Å²) in [5, 5.41) is 4.18. The average molecular weight is 359 g/mol. The molecule has 1 fully saturated rings. The highest BCUT2D eigenvalue weighted by Gasteiger charge is 2.24. The van der Waals surface area contributed by atoms with Crippen molar-refractivity contribution in [3.63, 3.8) is 0 Å². The molecule has 0 aromatic heterocycles. The first-order valence-corrected chi connectivity index (χ1v) is 9.02. The molecule has 0 heterocycles. The minimum atomic E-state index is -3.58. The lowest BCUT2D eigenvalue weighted by atomic mass is 9.81. The molecule has 0 aliphatic heterocycles. The SMILES string of the molecule is C[C@H]1CCC[C@H](C)C1=NNS(=O)(=O)c1ccc(Br)cc1. The van der Waals surface area contributed by atoms with Gasteiger partial charge in [-0.3, -0.25) is 0 Å². The molecule has 1 aliphatic rings. The molecular weight excluding hydrogens is 340 g/mol. The van der Waals surface area contributed by atoms with Gasteiger partial charge in [0, 0.05) is 10.2 Å². The van der Waals surface area contributed by atoms with Crippen LogP contribution in [0.3, 0.4) is 0 Å². The van der Waals surface area contributed by atoms with Crippen molar-refractivity contribution in [2.24, 2.45) is 16.9 Å². The summed E-state index contributed by atoms with van der Waals surface area (Å²) in [5.74, 6) is 0.678. The predicted molar refractivity (Wildman–Crippen MR) is 84.1 cm³/mol. The molecule has 1 aliphatic carbocycles. The minimum absolute atomic E-state index is 0.223. The molecule has 1 N–H and O–H groups in total. The molecule has 1 saturated carbocycles. The molecule has 110 valence electrons. The van der Waals surface area contributed by atoms with Gasteiger partial charge >= 0.3 is 0 Å². The van der Waals surface area contributed by atoms with Crippen LogP contribution in [0.25, 0.3) is 0 Å². The number of nitrogens with one attached hydrogen (secondary N) is 1. The second kappa shape index (κ2) is 6.26. The molecule has 0 bridgehead atoms. The van der Waals surface area contributed by atoms with E-state index < -0.39 is 10.0 Å². The van der Waals surface area contributed by atoms with Gasteiger partial charge in [-0.25, -0.2) is 4.83 Å². The van der Waals surface area contributed by atoms with E-state index in [-0.39, 0.29) is 4.90 Å². The summed E-state index contributed by atoms with van der Waals surface area (Å²) in [6.45, 7) is 4.20. The first kappa shape index (κ1) is 15.5. The summed E-state index contributed by atoms with van der Waals surface area (Å²) < 4.78 is 25.2. The van der Waals surface area contributed by atoms with E-state index >= 15 is 0 Å². The molecule has 0 spiro atoms. The zero-order valence-corrected chi connectivity index (χ0v) is 14.0. The number of rotatable bonds is 3. The first-order valence-electron chi connectivity index (χ1n) is 6.75. The fraction of sp³-hybridized carbons (Fsp3) is 0.500. The zero-order valence-electron chi connectivity index (χ0n) is 11.6. The third kappa shape index (κ3) is 3.61. The van der Waals surface area contributed by atoms with Crippen molar-refractivity contribution in [2.45, 2.75) is 38.0 Å². The van der Waals surface area contributed by atoms with Gasteiger partial charge in [0.25, 0.3) is 10.0 Å². The Morgan fingerprint density at radius 1 is 1.15 bits per heavy atom. The second-order valence-electron chi connectivity index (χ2n) is 5.32. The maximum Gasteiger partial charge on any atom is 0.276 e. The fourth-order valence-electron chi connectivity index (χ4n) is 2.51. The number of sulfonamides is 1. The van der Waals surface area contributed by atoms with Crippen LogP contribution in [0.2, 0.25) is 0 Å². The fourth-order valence-corrected chi connectivity index (χ4v) is 3.60. The van der Waals surface area contributed by atoms with Crippen molar-refractivity contribution < 1.29 is 8.42 Å². The molecule has 0 amide bonds. The van der Waals surface area contributed by atoms with Gasteiger partial charge in [0.05, 0.1) is 4.90 Å². The molecule has 20 heavy (non-hydrogen) atoms. The molecule has 1 aromatic rings. The largest absolute Gasteiger partial charge is 0.276 e. The third-order valence-corrected chi connectivity index (χ3v) is 5.46. The van der Waals surface area contributed by atoms with Crippen LogP contribution in [0.15, 0.2) is 38.7 Å². The van der Waals surface area contributed by atoms with Gasteiger partial charge in [0.15, 0.2) is 0 Å². The van der Waals surface area contributed by atoms with Crippen molar-refractivity contribution in [3.05, 3.63) is 28.7 Å². The van der Waals surface area contributed by atoms with Crippen LogP contribution >= 0.6 is 15.9 Å². The van der Waals surface area contributed by atoms with Crippen molar-refractivity contribution in [2.75, 3.05) is 0 Å². The Balaban J connectivity index is 2.18. The van der Waals surface area contributed by atoms with Crippen LogP contribution in [0.1, 0.15) is 33.1 Å². The van der Waals surface area contributed by atoms with Crippen LogP contribution in [0, 0.1) is 11.8 Å². The van der Waals surface area contributed by atoms with E-state index in [1.54, 1.807) is 24.3 Å². The molecule has 2 atom stereocenters. The van der Waals surface area contributed by atoms with E-state index in [1.165, 1.54) is 6.42 Å². The quantitative estimate of drug-likeness (QED) is 0.840. The van der Waals surface area contributed by atoms with Gasteiger partial charge < -0.3 is 0 Å². The molecule has 0 saturated heterocycles. The van der Waals surface area contributed by atoms with Crippen LogP contribution in [0.5, 0.6) is 0 Å². The number of hydrogen-bond donors (Lipinski definition) is 1. The highest BCUT2D eigenvalue weighted by molar-refractivity contribution is 9.10. The van der Waals surface area contributed by atoms with Crippen molar-refractivity contribution >= 4 is 31.7 Å². The maximum atomic E-state index is 12.2. The van der Waals surface area contributed by atoms with Crippen LogP contribution in [-0.4, -0.2) is 14.1 Å². The third-order valence-electron chi connectivity index (χ3n) is 3.70. The maximum absolute atomic E-state index is 12.2. The van der Waals surface area contributed by atoms with Crippen molar-refractivity contribution in [1.29, 1.82) is 0 Å². The van der Waals surface area contributed by atoms with Gasteiger partial charge in [0.2, 0.25) is 0 Å². The van der Waals surface area contributed by atoms with Gasteiger partial charge in [-0.1, -0.05) is 36.2 Å². The molecule has 0 unspecified atom stereocenters. The van der Waals surface area contributed by atoms with Gasteiger partial charge in [0.1, 0.15) is 0 Å². The summed E-state index contributed by atoms with van der Waals surface area (Å²) in [4.78, 5) is 2.59. The lowest BCUT2D eigenvalue weighted by Crippen LogP contribution is -2.29. The number of hydrazone groups is 1. The number of nitrogens with zero attached hydrogens (tertiary/aromatic N) is 1. The summed E-state index contributed by atoms with van der Waals surface area (Å²) >= 11 is 3.29. The molecular formula is C14H19BrN2O2S. The van der Waals surface area contributed by atoms with E-state index in [2.05, 4.69) is 39.7 Å². The van der Waals surface area contributed by atoms with E-state index in [0.29, 0.717) is 11.8 Å². The van der Waals surface area contributed by atoms with Crippen molar-refractivity contribution in [3.8, 4) is 0 Å². The normalized spacial score (nSPS) is 23.4. The molecule has 2 rings (SSSR count). The summed E-state index contributed by atoms with van der Waals surface area (Å²) in [6, 6.07) is 6.52. The number of halogens is 1. The molecule has 6 heteroatoms. The zero-order chi connectivity index (χ0) is 14.8. The topological polar surface area (TPSA) is 58.5 Å². The van der Waals surface area contributed by atoms with Gasteiger partial charge in [-0.15, -0.1) is 0 Å². The second-order valence-corrected chi connectivity index (χ2v) is 7.89. The minimum Gasteiger partial charge on any atom is -0.200 e. The summed E-state index contributed by atoms with van der Waals surface area (Å²) in [6.07, 6.45) is 3.33. The molecule has 0 radical (unpaired) electrons. The summed E-state index contributed by atoms with van der Waals surface area (Å²) in [5.41, 5.74) is 0.955. The smallest absolute Gasteiger partial charge is 0.200 e. The molecule has 4 nitrogen and oxygen atoms in total. The monoisotopic (exact) mass is 358 g/mol. The number of hydrogen-bond acceptors (Lipinski definition) is 3. The van der Waals surface area contributed by atoms with E-state index in [9.17, 15) is 8.42 Å². The Morgan fingerprint density at radius 2 is 1.70 bits per heavy atom. The predicted octanol–water partition coefficient (Wildman–Crippen LogP) is 3.54. The van der Waals surface area contributed by atoms with Gasteiger partial charge in [-0.05, 0) is 48.9 Å². The number of benzene rings is 1. The van der Waals surface area contributed by atoms with E-state index in [4.69, 9.17) is 0 Å².